The Labute approximate surface area is 270 Å². The van der Waals surface area contributed by atoms with E-state index in [2.05, 4.69) is 20.4 Å². The number of phenolic OH excluding ortho intramolecular Hbond substituents is 1. The number of aliphatic hydroxyl groups excluding tert-OH is 1. The molecule has 0 aliphatic carbocycles. The van der Waals surface area contributed by atoms with Crippen LogP contribution in [0, 0.1) is 0 Å². The van der Waals surface area contributed by atoms with Crippen LogP contribution >= 0.6 is 12.4 Å². The number of hydrogen-bond acceptors (Lipinski definition) is 12. The number of carbonyl (C=O) groups is 1. The molecule has 44 heavy (non-hydrogen) atoms. The number of anilines is 5. The van der Waals surface area contributed by atoms with E-state index in [0.717, 1.165) is 81.9 Å². The van der Waals surface area contributed by atoms with Crippen molar-refractivity contribution in [2.24, 2.45) is 0 Å². The molecule has 0 saturated carbocycles. The van der Waals surface area contributed by atoms with Gasteiger partial charge >= 0.3 is 0 Å². The molecule has 0 atom stereocenters. The van der Waals surface area contributed by atoms with Crippen LogP contribution < -0.4 is 38.9 Å². The second kappa shape index (κ2) is 17.8. The SMILES string of the molecule is CO.Cl.N.N.N.O=C(Nc1ccc(Nc2nc(N3CCCCC3)nc(N3CCCC3)n2)cc1)c1ccc2ccccc2c1O.[HH].[HH].[HH].[HH]. The number of nitrogens with one attached hydrogen (secondary N) is 2. The van der Waals surface area contributed by atoms with E-state index < -0.39 is 0 Å². The van der Waals surface area contributed by atoms with Crippen LogP contribution in [0.1, 0.15) is 48.2 Å². The average Bonchev–Trinajstić information content (AvgIpc) is 3.55. The number of aromatic nitrogens is 3. The van der Waals surface area contributed by atoms with E-state index in [4.69, 9.17) is 20.1 Å². The van der Waals surface area contributed by atoms with Gasteiger partial charge < -0.3 is 49.1 Å². The van der Waals surface area contributed by atoms with Crippen molar-refractivity contribution < 1.29 is 20.7 Å². The minimum atomic E-state index is -0.368. The first kappa shape index (κ1) is 37.8. The van der Waals surface area contributed by atoms with Gasteiger partial charge in [-0.3, -0.25) is 4.79 Å². The zero-order valence-electron chi connectivity index (χ0n) is 25.2. The van der Waals surface area contributed by atoms with E-state index in [1.807, 2.05) is 48.5 Å². The maximum atomic E-state index is 12.9. The molecule has 3 heterocycles. The summed E-state index contributed by atoms with van der Waals surface area (Å²) in [5.74, 6) is 1.57. The van der Waals surface area contributed by atoms with Crippen LogP contribution in [-0.4, -0.2) is 64.4 Å². The number of amides is 1. The van der Waals surface area contributed by atoms with E-state index in [0.29, 0.717) is 17.0 Å². The molecule has 2 fully saturated rings. The summed E-state index contributed by atoms with van der Waals surface area (Å²) < 4.78 is 0. The van der Waals surface area contributed by atoms with Crippen molar-refractivity contribution in [2.45, 2.75) is 32.1 Å². The number of halogens is 1. The Morgan fingerprint density at radius 1 is 0.727 bits per heavy atom. The van der Waals surface area contributed by atoms with Crippen LogP contribution in [0.15, 0.2) is 60.7 Å². The van der Waals surface area contributed by atoms with Gasteiger partial charge in [0.1, 0.15) is 5.75 Å². The maximum absolute atomic E-state index is 12.9. The van der Waals surface area contributed by atoms with Crippen LogP contribution in [0.5, 0.6) is 5.75 Å². The molecule has 2 saturated heterocycles. The molecule has 13 nitrogen and oxygen atoms in total. The molecule has 0 bridgehead atoms. The fourth-order valence-corrected chi connectivity index (χ4v) is 5.11. The van der Waals surface area contributed by atoms with Gasteiger partial charge in [-0.15, -0.1) is 12.4 Å². The van der Waals surface area contributed by atoms with Crippen molar-refractivity contribution >= 4 is 58.3 Å². The fraction of sp³-hybridized carbons (Fsp3) is 0.333. The van der Waals surface area contributed by atoms with E-state index in [1.54, 1.807) is 12.1 Å². The van der Waals surface area contributed by atoms with Crippen molar-refractivity contribution in [3.8, 4) is 5.75 Å². The van der Waals surface area contributed by atoms with Gasteiger partial charge in [0.25, 0.3) is 5.91 Å². The molecular weight excluding hydrogens is 584 g/mol. The van der Waals surface area contributed by atoms with Crippen molar-refractivity contribution in [1.82, 2.24) is 33.4 Å². The highest BCUT2D eigenvalue weighted by Crippen LogP contribution is 2.30. The second-order valence-corrected chi connectivity index (χ2v) is 9.84. The van der Waals surface area contributed by atoms with Gasteiger partial charge in [-0.1, -0.05) is 30.3 Å². The topological polar surface area (TPSA) is 232 Å². The molecule has 0 unspecified atom stereocenters. The highest BCUT2D eigenvalue weighted by molar-refractivity contribution is 6.09. The third kappa shape index (κ3) is 8.65. The molecule has 1 aromatic heterocycles. The first-order valence-electron chi connectivity index (χ1n) is 13.7. The second-order valence-electron chi connectivity index (χ2n) is 9.84. The van der Waals surface area contributed by atoms with Crippen molar-refractivity contribution in [2.75, 3.05) is 53.7 Å². The lowest BCUT2D eigenvalue weighted by molar-refractivity contribution is 0.102. The monoisotopic (exact) mass is 636 g/mol. The molecule has 0 radical (unpaired) electrons. The Morgan fingerprint density at radius 2 is 1.25 bits per heavy atom. The highest BCUT2D eigenvalue weighted by Gasteiger charge is 2.21. The fourth-order valence-electron chi connectivity index (χ4n) is 5.11. The maximum Gasteiger partial charge on any atom is 0.259 e. The zero-order chi connectivity index (χ0) is 27.9. The number of aromatic hydroxyl groups is 1. The van der Waals surface area contributed by atoms with Crippen LogP contribution in [0.2, 0.25) is 0 Å². The molecular formula is C30H53ClN10O3. The molecule has 13 N–H and O–H groups in total. The Morgan fingerprint density at radius 3 is 1.84 bits per heavy atom. The standard InChI is InChI=1S/C29H31N7O2.CH4O.ClH.3H3N.4H2/c37-25-23-9-3-2-8-20(23)10-15-24(25)26(38)30-21-11-13-22(14-12-21)31-27-32-28(35-16-4-1-5-17-35)34-29(33-27)36-18-6-7-19-36;1-2;;;;;;;;/h2-3,8-15,37H,1,4-7,16-19H2,(H,30,38)(H,31,32,33,34);2H,1H3;1H;3*1H3;4*1H. The normalized spacial score (nSPS) is 13.6. The van der Waals surface area contributed by atoms with Crippen LogP contribution in [0.3, 0.4) is 0 Å². The Hall–Kier alpha value is -4.27. The minimum Gasteiger partial charge on any atom is -0.506 e. The molecule has 1 amide bonds. The molecule has 2 aliphatic heterocycles. The third-order valence-electron chi connectivity index (χ3n) is 7.18. The minimum absolute atomic E-state index is 0. The number of fused-ring (bicyclic) bond motifs is 1. The average molecular weight is 637 g/mol. The zero-order valence-corrected chi connectivity index (χ0v) is 26.0. The molecule has 248 valence electrons. The molecule has 4 aromatic rings. The summed E-state index contributed by atoms with van der Waals surface area (Å²) in [7, 11) is 1.00. The van der Waals surface area contributed by atoms with Crippen LogP contribution in [0.25, 0.3) is 10.8 Å². The lowest BCUT2D eigenvalue weighted by Crippen LogP contribution is -2.32. The van der Waals surface area contributed by atoms with Gasteiger partial charge in [-0.05, 0) is 67.8 Å². The summed E-state index contributed by atoms with van der Waals surface area (Å²) in [5, 5.41) is 25.3. The summed E-state index contributed by atoms with van der Waals surface area (Å²) in [5.41, 5.74) is 1.66. The number of benzene rings is 3. The lowest BCUT2D eigenvalue weighted by Gasteiger charge is -2.27. The number of rotatable bonds is 6. The van der Waals surface area contributed by atoms with E-state index >= 15 is 0 Å². The van der Waals surface area contributed by atoms with Crippen molar-refractivity contribution in [3.05, 3.63) is 66.2 Å². The van der Waals surface area contributed by atoms with Crippen molar-refractivity contribution in [3.63, 3.8) is 0 Å². The lowest BCUT2D eigenvalue weighted by atomic mass is 10.0. The van der Waals surface area contributed by atoms with Gasteiger partial charge in [-0.25, -0.2) is 0 Å². The van der Waals surface area contributed by atoms with Gasteiger partial charge in [0.2, 0.25) is 17.8 Å². The highest BCUT2D eigenvalue weighted by atomic mass is 35.5. The molecule has 0 spiro atoms. The largest absolute Gasteiger partial charge is 0.506 e. The van der Waals surface area contributed by atoms with Gasteiger partial charge in [0.15, 0.2) is 0 Å². The Bertz CT molecular complexity index is 1480. The Balaban J connectivity index is -0.000000951. The van der Waals surface area contributed by atoms with Crippen LogP contribution in [-0.2, 0) is 0 Å². The number of piperidine rings is 1. The number of hydrogen-bond donors (Lipinski definition) is 7. The quantitative estimate of drug-likeness (QED) is 0.115. The third-order valence-corrected chi connectivity index (χ3v) is 7.18. The predicted molar refractivity (Wildman–Crippen MR) is 190 cm³/mol. The Kier molecular flexibility index (Phi) is 15.2. The summed E-state index contributed by atoms with van der Waals surface area (Å²) in [6.07, 6.45) is 5.85. The predicted octanol–water partition coefficient (Wildman–Crippen LogP) is 6.82. The molecule has 2 aliphatic rings. The first-order chi connectivity index (χ1) is 19.6. The number of phenols is 1. The summed E-state index contributed by atoms with van der Waals surface area (Å²) in [4.78, 5) is 31.6. The van der Waals surface area contributed by atoms with Crippen LogP contribution in [0.4, 0.5) is 29.2 Å². The summed E-state index contributed by atoms with van der Waals surface area (Å²) in [6, 6.07) is 18.3. The van der Waals surface area contributed by atoms with Gasteiger partial charge in [-0.2, -0.15) is 15.0 Å². The van der Waals surface area contributed by atoms with Gasteiger partial charge in [0, 0.05) is 55.8 Å². The summed E-state index contributed by atoms with van der Waals surface area (Å²) >= 11 is 0. The van der Waals surface area contributed by atoms with E-state index in [1.165, 1.54) is 6.42 Å². The van der Waals surface area contributed by atoms with E-state index in [9.17, 15) is 9.90 Å². The van der Waals surface area contributed by atoms with Crippen molar-refractivity contribution in [1.29, 1.82) is 0 Å². The summed E-state index contributed by atoms with van der Waals surface area (Å²) in [6.45, 7) is 3.85. The first-order valence-corrected chi connectivity index (χ1v) is 13.7. The van der Waals surface area contributed by atoms with Gasteiger partial charge in [0.05, 0.1) is 5.56 Å². The number of carbonyl (C=O) groups excluding carboxylic acids is 1. The molecule has 14 heteroatoms. The molecule has 6 rings (SSSR count). The molecule has 3 aromatic carbocycles. The van der Waals surface area contributed by atoms with E-state index in [-0.39, 0.29) is 53.8 Å². The smallest absolute Gasteiger partial charge is 0.259 e. The number of aliphatic hydroxyl groups is 1. The number of nitrogens with zero attached hydrogens (tertiary/aromatic N) is 5.